The first-order valence-electron chi connectivity index (χ1n) is 7.23. The highest BCUT2D eigenvalue weighted by Gasteiger charge is 2.09. The van der Waals surface area contributed by atoms with Gasteiger partial charge in [0, 0.05) is 5.56 Å². The fraction of sp³-hybridized carbons (Fsp3) is 0.167. The van der Waals surface area contributed by atoms with Crippen LogP contribution < -0.4 is 4.74 Å². The van der Waals surface area contributed by atoms with E-state index in [1.807, 2.05) is 12.1 Å². The second-order valence-corrected chi connectivity index (χ2v) is 5.19. The van der Waals surface area contributed by atoms with E-state index in [2.05, 4.69) is 4.98 Å². The summed E-state index contributed by atoms with van der Waals surface area (Å²) in [6, 6.07) is 13.3. The first kappa shape index (κ1) is 15.2. The Labute approximate surface area is 133 Å². The summed E-state index contributed by atoms with van der Waals surface area (Å²) in [6.45, 7) is 1.92. The van der Waals surface area contributed by atoms with Crippen molar-refractivity contribution in [3.05, 3.63) is 71.9 Å². The second kappa shape index (κ2) is 6.62. The van der Waals surface area contributed by atoms with Gasteiger partial charge in [-0.2, -0.15) is 0 Å². The van der Waals surface area contributed by atoms with Crippen LogP contribution in [-0.2, 0) is 6.61 Å². The van der Waals surface area contributed by atoms with Crippen molar-refractivity contribution in [1.29, 1.82) is 0 Å². The topological polar surface area (TPSA) is 55.5 Å². The van der Waals surface area contributed by atoms with E-state index >= 15 is 0 Å². The summed E-state index contributed by atoms with van der Waals surface area (Å²) in [5.41, 5.74) is 1.96. The third-order valence-corrected chi connectivity index (χ3v) is 3.35. The molecule has 5 heteroatoms. The van der Waals surface area contributed by atoms with Crippen LogP contribution in [0, 0.1) is 5.82 Å². The second-order valence-electron chi connectivity index (χ2n) is 5.19. The van der Waals surface area contributed by atoms with Crippen molar-refractivity contribution in [2.75, 3.05) is 0 Å². The molecule has 1 heterocycles. The van der Waals surface area contributed by atoms with E-state index in [0.717, 1.165) is 5.56 Å². The van der Waals surface area contributed by atoms with E-state index in [9.17, 15) is 9.50 Å². The molecule has 118 valence electrons. The number of halogens is 1. The summed E-state index contributed by atoms with van der Waals surface area (Å²) >= 11 is 0. The summed E-state index contributed by atoms with van der Waals surface area (Å²) < 4.78 is 24.2. The quantitative estimate of drug-likeness (QED) is 0.770. The normalized spacial score (nSPS) is 12.1. The molecule has 3 rings (SSSR count). The van der Waals surface area contributed by atoms with Gasteiger partial charge >= 0.3 is 0 Å². The number of rotatable bonds is 5. The lowest BCUT2D eigenvalue weighted by Gasteiger charge is -2.08. The first-order valence-corrected chi connectivity index (χ1v) is 7.23. The number of oxazole rings is 1. The van der Waals surface area contributed by atoms with Gasteiger partial charge in [-0.3, -0.25) is 0 Å². The van der Waals surface area contributed by atoms with Gasteiger partial charge in [0.25, 0.3) is 0 Å². The maximum absolute atomic E-state index is 13.2. The molecule has 1 unspecified atom stereocenters. The van der Waals surface area contributed by atoms with E-state index in [-0.39, 0.29) is 12.4 Å². The maximum atomic E-state index is 13.2. The molecule has 1 aromatic heterocycles. The minimum absolute atomic E-state index is 0.224. The predicted octanol–water partition coefficient (Wildman–Crippen LogP) is 4.11. The molecule has 0 bridgehead atoms. The maximum Gasteiger partial charge on any atom is 0.226 e. The molecule has 2 aromatic carbocycles. The van der Waals surface area contributed by atoms with Crippen LogP contribution in [-0.4, -0.2) is 10.1 Å². The highest BCUT2D eigenvalue weighted by atomic mass is 19.1. The van der Waals surface area contributed by atoms with E-state index in [1.165, 1.54) is 18.4 Å². The number of aliphatic hydroxyl groups is 1. The molecule has 23 heavy (non-hydrogen) atoms. The van der Waals surface area contributed by atoms with Crippen molar-refractivity contribution in [2.45, 2.75) is 19.6 Å². The zero-order chi connectivity index (χ0) is 16.2. The zero-order valence-electron chi connectivity index (χ0n) is 12.6. The molecule has 0 saturated carbocycles. The van der Waals surface area contributed by atoms with E-state index in [4.69, 9.17) is 9.15 Å². The summed E-state index contributed by atoms with van der Waals surface area (Å²) in [5.74, 6) is 0.646. The monoisotopic (exact) mass is 313 g/mol. The number of hydrogen-bond donors (Lipinski definition) is 1. The van der Waals surface area contributed by atoms with Crippen LogP contribution in [0.1, 0.15) is 24.3 Å². The molecule has 1 N–H and O–H groups in total. The van der Waals surface area contributed by atoms with Crippen molar-refractivity contribution < 1.29 is 18.7 Å². The number of aliphatic hydroxyl groups excluding tert-OH is 1. The molecule has 0 fully saturated rings. The van der Waals surface area contributed by atoms with Crippen molar-refractivity contribution in [3.8, 4) is 17.2 Å². The van der Waals surface area contributed by atoms with Gasteiger partial charge in [0.1, 0.15) is 30.1 Å². The number of ether oxygens (including phenoxy) is 1. The Morgan fingerprint density at radius 3 is 2.83 bits per heavy atom. The fourth-order valence-corrected chi connectivity index (χ4v) is 2.15. The number of benzene rings is 2. The van der Waals surface area contributed by atoms with Crippen LogP contribution in [0.3, 0.4) is 0 Å². The van der Waals surface area contributed by atoms with Crippen LogP contribution in [0.2, 0.25) is 0 Å². The lowest BCUT2D eigenvalue weighted by molar-refractivity contribution is 0.198. The number of hydrogen-bond acceptors (Lipinski definition) is 4. The minimum atomic E-state index is -0.551. The molecule has 3 aromatic rings. The fourth-order valence-electron chi connectivity index (χ4n) is 2.15. The van der Waals surface area contributed by atoms with Gasteiger partial charge in [0.05, 0.1) is 6.10 Å². The van der Waals surface area contributed by atoms with Gasteiger partial charge in [-0.25, -0.2) is 9.37 Å². The lowest BCUT2D eigenvalue weighted by atomic mass is 10.1. The first-order chi connectivity index (χ1) is 11.1. The van der Waals surface area contributed by atoms with Gasteiger partial charge < -0.3 is 14.3 Å². The van der Waals surface area contributed by atoms with Gasteiger partial charge in [-0.1, -0.05) is 18.2 Å². The predicted molar refractivity (Wildman–Crippen MR) is 83.3 cm³/mol. The third-order valence-electron chi connectivity index (χ3n) is 3.35. The molecule has 4 nitrogen and oxygen atoms in total. The van der Waals surface area contributed by atoms with Crippen molar-refractivity contribution in [1.82, 2.24) is 4.98 Å². The summed E-state index contributed by atoms with van der Waals surface area (Å²) in [7, 11) is 0. The average Bonchev–Trinajstić information content (AvgIpc) is 3.02. The Balaban J connectivity index is 1.69. The van der Waals surface area contributed by atoms with Crippen LogP contribution in [0.4, 0.5) is 4.39 Å². The molecule has 1 atom stereocenters. The largest absolute Gasteiger partial charge is 0.487 e. The van der Waals surface area contributed by atoms with Crippen LogP contribution in [0.5, 0.6) is 5.75 Å². The lowest BCUT2D eigenvalue weighted by Crippen LogP contribution is -1.97. The van der Waals surface area contributed by atoms with E-state index < -0.39 is 6.10 Å². The Kier molecular flexibility index (Phi) is 4.39. The molecule has 0 saturated heterocycles. The average molecular weight is 313 g/mol. The molecule has 0 amide bonds. The molecule has 0 aliphatic heterocycles. The Hall–Kier alpha value is -2.66. The summed E-state index contributed by atoms with van der Waals surface area (Å²) in [6.07, 6.45) is 0.934. The van der Waals surface area contributed by atoms with Crippen LogP contribution >= 0.6 is 0 Å². The summed E-state index contributed by atoms with van der Waals surface area (Å²) in [5, 5.41) is 9.57. The highest BCUT2D eigenvalue weighted by molar-refractivity contribution is 5.52. The highest BCUT2D eigenvalue weighted by Crippen LogP contribution is 2.22. The SMILES string of the molecule is CC(O)c1cccc(OCc2coc(-c3cccc(F)c3)n2)c1. The van der Waals surface area contributed by atoms with Crippen LogP contribution in [0.25, 0.3) is 11.5 Å². The summed E-state index contributed by atoms with van der Waals surface area (Å²) in [4.78, 5) is 4.29. The number of nitrogens with zero attached hydrogens (tertiary/aromatic N) is 1. The molecular weight excluding hydrogens is 297 g/mol. The molecular formula is C18H16FNO3. The molecule has 0 aliphatic rings. The van der Waals surface area contributed by atoms with E-state index in [1.54, 1.807) is 31.2 Å². The van der Waals surface area contributed by atoms with Crippen LogP contribution in [0.15, 0.2) is 59.2 Å². The third kappa shape index (κ3) is 3.76. The molecule has 0 radical (unpaired) electrons. The Morgan fingerprint density at radius 2 is 2.04 bits per heavy atom. The molecule has 0 aliphatic carbocycles. The Bertz CT molecular complexity index is 798. The molecule has 0 spiro atoms. The van der Waals surface area contributed by atoms with Crippen molar-refractivity contribution in [3.63, 3.8) is 0 Å². The van der Waals surface area contributed by atoms with Crippen molar-refractivity contribution in [2.24, 2.45) is 0 Å². The van der Waals surface area contributed by atoms with Gasteiger partial charge in [-0.05, 0) is 42.8 Å². The van der Waals surface area contributed by atoms with E-state index in [0.29, 0.717) is 22.9 Å². The Morgan fingerprint density at radius 1 is 1.22 bits per heavy atom. The van der Waals surface area contributed by atoms with Crippen molar-refractivity contribution >= 4 is 0 Å². The van der Waals surface area contributed by atoms with Gasteiger partial charge in [0.15, 0.2) is 0 Å². The number of aromatic nitrogens is 1. The zero-order valence-corrected chi connectivity index (χ0v) is 12.6. The minimum Gasteiger partial charge on any atom is -0.487 e. The smallest absolute Gasteiger partial charge is 0.226 e. The van der Waals surface area contributed by atoms with Gasteiger partial charge in [0.2, 0.25) is 5.89 Å². The van der Waals surface area contributed by atoms with Gasteiger partial charge in [-0.15, -0.1) is 0 Å². The standard InChI is InChI=1S/C18H16FNO3/c1-12(21)13-4-3-7-17(9-13)22-10-16-11-23-18(20-16)14-5-2-6-15(19)8-14/h2-9,11-12,21H,10H2,1H3.